The first-order chi connectivity index (χ1) is 13.7. The Bertz CT molecular complexity index is 910. The van der Waals surface area contributed by atoms with Crippen LogP contribution in [0.4, 0.5) is 33.6 Å². The van der Waals surface area contributed by atoms with Crippen LogP contribution in [0.15, 0.2) is 18.3 Å². The Morgan fingerprint density at radius 3 is 2.69 bits per heavy atom. The first-order valence-corrected chi connectivity index (χ1v) is 8.71. The molecule has 2 atom stereocenters. The molecular weight excluding hydrogens is 401 g/mol. The number of fused-ring (bicyclic) bond motifs is 2. The maximum absolute atomic E-state index is 12.9. The quantitative estimate of drug-likeness (QED) is 0.749. The molecule has 29 heavy (non-hydrogen) atoms. The molecule has 0 aromatic carbocycles. The highest BCUT2D eigenvalue weighted by atomic mass is 19.4. The molecule has 0 radical (unpaired) electrons. The number of pyridine rings is 1. The molecule has 2 aliphatic heterocycles. The second kappa shape index (κ2) is 7.25. The number of hydrogen-bond acceptors (Lipinski definition) is 7. The van der Waals surface area contributed by atoms with Crippen LogP contribution in [0.1, 0.15) is 12.2 Å². The van der Waals surface area contributed by atoms with E-state index in [4.69, 9.17) is 10.5 Å². The number of nitrogens with two attached hydrogens (primary N) is 1. The molecule has 2 bridgehead atoms. The minimum Gasteiger partial charge on any atom is -0.431 e. The van der Waals surface area contributed by atoms with Gasteiger partial charge in [-0.05, 0) is 12.5 Å². The summed E-state index contributed by atoms with van der Waals surface area (Å²) in [5.41, 5.74) is 5.81. The van der Waals surface area contributed by atoms with E-state index in [-0.39, 0.29) is 35.0 Å². The Hall–Kier alpha value is -2.76. The van der Waals surface area contributed by atoms with Crippen LogP contribution in [0.5, 0.6) is 5.75 Å². The number of hydrogen-bond donors (Lipinski definition) is 1. The van der Waals surface area contributed by atoms with Crippen molar-refractivity contribution in [3.63, 3.8) is 0 Å². The minimum atomic E-state index is -4.51. The highest BCUT2D eigenvalue weighted by Crippen LogP contribution is 2.35. The van der Waals surface area contributed by atoms with Gasteiger partial charge in [0.25, 0.3) is 0 Å². The van der Waals surface area contributed by atoms with Crippen molar-refractivity contribution in [1.82, 2.24) is 15.0 Å². The van der Waals surface area contributed by atoms with Gasteiger partial charge in [0.15, 0.2) is 11.6 Å². The third-order valence-corrected chi connectivity index (χ3v) is 4.71. The summed E-state index contributed by atoms with van der Waals surface area (Å²) in [6.45, 7) is -2.16. The van der Waals surface area contributed by atoms with Gasteiger partial charge in [0.05, 0.1) is 24.4 Å². The van der Waals surface area contributed by atoms with Gasteiger partial charge in [-0.1, -0.05) is 0 Å². The summed E-state index contributed by atoms with van der Waals surface area (Å²) >= 11 is 0. The molecule has 0 amide bonds. The third kappa shape index (κ3) is 4.31. The Labute approximate surface area is 161 Å². The lowest BCUT2D eigenvalue weighted by atomic mass is 10.1. The molecule has 12 heteroatoms. The Balaban J connectivity index is 1.74. The fraction of sp³-hybridized carbons (Fsp3) is 0.471. The summed E-state index contributed by atoms with van der Waals surface area (Å²) in [4.78, 5) is 13.7. The molecule has 0 unspecified atom stereocenters. The van der Waals surface area contributed by atoms with Crippen LogP contribution in [-0.2, 0) is 11.2 Å². The van der Waals surface area contributed by atoms with Crippen molar-refractivity contribution in [2.75, 3.05) is 23.8 Å². The van der Waals surface area contributed by atoms with Crippen LogP contribution in [0.3, 0.4) is 0 Å². The lowest BCUT2D eigenvalue weighted by molar-refractivity contribution is -0.128. The highest BCUT2D eigenvalue weighted by molar-refractivity contribution is 5.67. The van der Waals surface area contributed by atoms with Crippen molar-refractivity contribution in [2.24, 2.45) is 0 Å². The molecule has 2 N–H and O–H groups in total. The third-order valence-electron chi connectivity index (χ3n) is 4.71. The molecule has 156 valence electrons. The molecule has 2 aromatic rings. The van der Waals surface area contributed by atoms with E-state index >= 15 is 0 Å². The number of halogens is 5. The summed E-state index contributed by atoms with van der Waals surface area (Å²) < 4.78 is 73.8. The number of nitrogen functional groups attached to an aromatic ring is 1. The van der Waals surface area contributed by atoms with Crippen molar-refractivity contribution in [2.45, 2.75) is 37.8 Å². The Kier molecular flexibility index (Phi) is 4.89. The fourth-order valence-electron chi connectivity index (χ4n) is 3.50. The molecule has 2 aliphatic rings. The normalized spacial score (nSPS) is 21.2. The van der Waals surface area contributed by atoms with Gasteiger partial charge in [-0.2, -0.15) is 22.0 Å². The number of rotatable bonds is 5. The summed E-state index contributed by atoms with van der Waals surface area (Å²) in [6.07, 6.45) is -3.82. The zero-order valence-electron chi connectivity index (χ0n) is 14.9. The zero-order chi connectivity index (χ0) is 20.8. The van der Waals surface area contributed by atoms with Gasteiger partial charge in [-0.15, -0.1) is 0 Å². The van der Waals surface area contributed by atoms with Gasteiger partial charge in [0, 0.05) is 24.4 Å². The van der Waals surface area contributed by atoms with E-state index in [9.17, 15) is 22.0 Å². The van der Waals surface area contributed by atoms with Gasteiger partial charge in [-0.25, -0.2) is 15.0 Å². The molecular formula is C17H16F5N5O2. The number of morpholine rings is 1. The standard InChI is InChI=1S/C17H16F5N5O2/c18-16(19)29-12-1-8(5-24-15(12)23)11-3-14(26-13(25-11)4-17(20,21)22)27-6-10-2-9(27)7-28-10/h1,3,5,9-10,16H,2,4,6-7H2,(H2,23,24)/t9-,10-/m0/s1. The molecule has 2 saturated heterocycles. The maximum atomic E-state index is 12.9. The number of nitrogens with zero attached hydrogens (tertiary/aromatic N) is 4. The summed E-state index contributed by atoms with van der Waals surface area (Å²) in [5, 5.41) is 0. The van der Waals surface area contributed by atoms with Crippen LogP contribution < -0.4 is 15.4 Å². The fourth-order valence-corrected chi connectivity index (χ4v) is 3.50. The lowest BCUT2D eigenvalue weighted by Crippen LogP contribution is -2.37. The molecule has 0 saturated carbocycles. The number of aromatic nitrogens is 3. The largest absolute Gasteiger partial charge is 0.431 e. The first kappa shape index (κ1) is 19.6. The molecule has 0 aliphatic carbocycles. The van der Waals surface area contributed by atoms with Gasteiger partial charge in [-0.3, -0.25) is 0 Å². The lowest BCUT2D eigenvalue weighted by Gasteiger charge is -2.28. The van der Waals surface area contributed by atoms with E-state index in [2.05, 4.69) is 19.7 Å². The van der Waals surface area contributed by atoms with E-state index in [0.29, 0.717) is 19.0 Å². The number of alkyl halides is 5. The monoisotopic (exact) mass is 417 g/mol. The van der Waals surface area contributed by atoms with Gasteiger partial charge in [0.2, 0.25) is 0 Å². The van der Waals surface area contributed by atoms with Crippen molar-refractivity contribution in [3.05, 3.63) is 24.2 Å². The molecule has 7 nitrogen and oxygen atoms in total. The summed E-state index contributed by atoms with van der Waals surface area (Å²) in [6, 6.07) is 2.68. The van der Waals surface area contributed by atoms with E-state index in [1.54, 1.807) is 0 Å². The van der Waals surface area contributed by atoms with E-state index in [1.807, 2.05) is 4.90 Å². The molecule has 0 spiro atoms. The first-order valence-electron chi connectivity index (χ1n) is 8.71. The van der Waals surface area contributed by atoms with Gasteiger partial charge < -0.3 is 20.1 Å². The van der Waals surface area contributed by atoms with Crippen molar-refractivity contribution in [3.8, 4) is 17.0 Å². The summed E-state index contributed by atoms with van der Waals surface area (Å²) in [5.74, 6) is -0.767. The molecule has 4 rings (SSSR count). The van der Waals surface area contributed by atoms with Crippen LogP contribution in [0.2, 0.25) is 0 Å². The Morgan fingerprint density at radius 2 is 2.07 bits per heavy atom. The second-order valence-electron chi connectivity index (χ2n) is 6.80. The molecule has 2 aromatic heterocycles. The summed E-state index contributed by atoms with van der Waals surface area (Å²) in [7, 11) is 0. The van der Waals surface area contributed by atoms with E-state index in [0.717, 1.165) is 12.5 Å². The smallest absolute Gasteiger partial charge is 0.396 e. The predicted octanol–water partition coefficient (Wildman–Crippen LogP) is 2.80. The van der Waals surface area contributed by atoms with Crippen LogP contribution in [0, 0.1) is 0 Å². The predicted molar refractivity (Wildman–Crippen MR) is 91.6 cm³/mol. The van der Waals surface area contributed by atoms with Crippen LogP contribution in [0.25, 0.3) is 11.3 Å². The zero-order valence-corrected chi connectivity index (χ0v) is 14.9. The topological polar surface area (TPSA) is 86.4 Å². The van der Waals surface area contributed by atoms with Crippen molar-refractivity contribution < 1.29 is 31.4 Å². The number of ether oxygens (including phenoxy) is 2. The average Bonchev–Trinajstić information content (AvgIpc) is 3.25. The maximum Gasteiger partial charge on any atom is 0.396 e. The SMILES string of the molecule is Nc1ncc(-c2cc(N3C[C@@H]4C[C@H]3CO4)nc(CC(F)(F)F)n2)cc1OC(F)F. The average molecular weight is 417 g/mol. The minimum absolute atomic E-state index is 0.00807. The number of anilines is 2. The van der Waals surface area contributed by atoms with Gasteiger partial charge >= 0.3 is 12.8 Å². The Morgan fingerprint density at radius 1 is 1.28 bits per heavy atom. The molecule has 2 fully saturated rings. The highest BCUT2D eigenvalue weighted by Gasteiger charge is 2.40. The van der Waals surface area contributed by atoms with Crippen LogP contribution in [-0.4, -0.2) is 53.0 Å². The van der Waals surface area contributed by atoms with Crippen molar-refractivity contribution in [1.29, 1.82) is 0 Å². The molecule has 4 heterocycles. The van der Waals surface area contributed by atoms with Gasteiger partial charge in [0.1, 0.15) is 18.1 Å². The van der Waals surface area contributed by atoms with E-state index < -0.39 is 25.0 Å². The second-order valence-corrected chi connectivity index (χ2v) is 6.80. The van der Waals surface area contributed by atoms with Crippen LogP contribution >= 0.6 is 0 Å². The van der Waals surface area contributed by atoms with Crippen molar-refractivity contribution >= 4 is 11.6 Å². The van der Waals surface area contributed by atoms with E-state index in [1.165, 1.54) is 12.3 Å².